The van der Waals surface area contributed by atoms with E-state index in [1.54, 1.807) is 18.2 Å². The fourth-order valence-corrected chi connectivity index (χ4v) is 4.30. The second-order valence-corrected chi connectivity index (χ2v) is 11.1. The van der Waals surface area contributed by atoms with E-state index < -0.39 is 21.5 Å². The normalized spacial score (nSPS) is 12.5. The predicted octanol–water partition coefficient (Wildman–Crippen LogP) is 5.46. The topological polar surface area (TPSA) is 114 Å². The van der Waals surface area contributed by atoms with Crippen molar-refractivity contribution in [3.05, 3.63) is 76.1 Å². The van der Waals surface area contributed by atoms with Gasteiger partial charge in [-0.25, -0.2) is 18.4 Å². The number of ether oxygens (including phenoxy) is 2. The van der Waals surface area contributed by atoms with E-state index in [0.717, 1.165) is 17.4 Å². The lowest BCUT2D eigenvalue weighted by Crippen LogP contribution is -2.19. The summed E-state index contributed by atoms with van der Waals surface area (Å²) in [5.74, 6) is 1.21. The molecule has 0 aliphatic carbocycles. The standard InChI is InChI=1S/C25H26Cl2N4O4S/c1-16(22-9-11-29-24(30-22)31-36(4,32)33)35-20-7-5-18(6-8-20)25(2,3)19-13-17(15-28)23(21(27)14-19)34-12-10-26/h5-9,11,13-14,16H,10,12H2,1-4H3,(H,29,30,31)/t16-/m0/s1. The van der Waals surface area contributed by atoms with Crippen LogP contribution in [0.2, 0.25) is 5.02 Å². The number of nitrogens with one attached hydrogen (secondary N) is 1. The summed E-state index contributed by atoms with van der Waals surface area (Å²) < 4.78 is 36.7. The summed E-state index contributed by atoms with van der Waals surface area (Å²) >= 11 is 12.1. The summed E-state index contributed by atoms with van der Waals surface area (Å²) in [6.45, 7) is 6.14. The van der Waals surface area contributed by atoms with E-state index in [4.69, 9.17) is 32.7 Å². The summed E-state index contributed by atoms with van der Waals surface area (Å²) in [6.07, 6.45) is 2.04. The van der Waals surface area contributed by atoms with Gasteiger partial charge >= 0.3 is 0 Å². The van der Waals surface area contributed by atoms with Gasteiger partial charge < -0.3 is 9.47 Å². The van der Waals surface area contributed by atoms with Crippen LogP contribution in [0, 0.1) is 11.3 Å². The molecule has 0 amide bonds. The smallest absolute Gasteiger partial charge is 0.236 e. The summed E-state index contributed by atoms with van der Waals surface area (Å²) in [6, 6.07) is 15.0. The van der Waals surface area contributed by atoms with Crippen LogP contribution >= 0.6 is 23.2 Å². The van der Waals surface area contributed by atoms with Crippen LogP contribution in [0.25, 0.3) is 0 Å². The maximum atomic E-state index is 11.4. The maximum Gasteiger partial charge on any atom is 0.236 e. The van der Waals surface area contributed by atoms with Gasteiger partial charge in [0.1, 0.15) is 24.5 Å². The van der Waals surface area contributed by atoms with Crippen LogP contribution in [0.15, 0.2) is 48.7 Å². The van der Waals surface area contributed by atoms with Crippen LogP contribution in [-0.4, -0.2) is 37.1 Å². The third kappa shape index (κ3) is 6.78. The van der Waals surface area contributed by atoms with Gasteiger partial charge in [-0.1, -0.05) is 37.6 Å². The number of aromatic nitrogens is 2. The SMILES string of the molecule is C[C@H](Oc1ccc(C(C)(C)c2cc(Cl)c(OCCCl)c(C#N)c2)cc1)c1ccnc(NS(C)(=O)=O)n1. The van der Waals surface area contributed by atoms with Crippen molar-refractivity contribution in [2.45, 2.75) is 32.3 Å². The average molecular weight is 549 g/mol. The molecule has 0 bridgehead atoms. The number of hydrogen-bond donors (Lipinski definition) is 1. The monoisotopic (exact) mass is 548 g/mol. The van der Waals surface area contributed by atoms with Crippen molar-refractivity contribution in [1.82, 2.24) is 9.97 Å². The van der Waals surface area contributed by atoms with Gasteiger partial charge in [-0.15, -0.1) is 11.6 Å². The Bertz CT molecular complexity index is 1370. The molecule has 0 aliphatic rings. The van der Waals surface area contributed by atoms with Crippen molar-refractivity contribution in [2.24, 2.45) is 0 Å². The van der Waals surface area contributed by atoms with Crippen LogP contribution in [0.3, 0.4) is 0 Å². The Morgan fingerprint density at radius 2 is 1.86 bits per heavy atom. The number of hydrogen-bond acceptors (Lipinski definition) is 7. The lowest BCUT2D eigenvalue weighted by molar-refractivity contribution is 0.222. The molecule has 190 valence electrons. The zero-order valence-corrected chi connectivity index (χ0v) is 22.6. The molecule has 0 aliphatic heterocycles. The lowest BCUT2D eigenvalue weighted by Gasteiger charge is -2.27. The molecule has 11 heteroatoms. The van der Waals surface area contributed by atoms with Crippen molar-refractivity contribution >= 4 is 39.2 Å². The van der Waals surface area contributed by atoms with Gasteiger partial charge in [-0.05, 0) is 48.4 Å². The Labute approximate surface area is 221 Å². The highest BCUT2D eigenvalue weighted by atomic mass is 35.5. The molecule has 0 fully saturated rings. The number of halogens is 2. The van der Waals surface area contributed by atoms with Crippen LogP contribution in [0.5, 0.6) is 11.5 Å². The molecule has 0 spiro atoms. The van der Waals surface area contributed by atoms with Crippen molar-refractivity contribution in [3.8, 4) is 17.6 Å². The van der Waals surface area contributed by atoms with E-state index in [1.165, 1.54) is 6.20 Å². The molecule has 3 rings (SSSR count). The molecule has 1 N–H and O–H groups in total. The third-order valence-corrected chi connectivity index (χ3v) is 6.46. The van der Waals surface area contributed by atoms with E-state index in [2.05, 4.69) is 20.8 Å². The van der Waals surface area contributed by atoms with E-state index in [1.807, 2.05) is 45.0 Å². The third-order valence-electron chi connectivity index (χ3n) is 5.47. The number of nitrogens with zero attached hydrogens (tertiary/aromatic N) is 3. The first-order valence-corrected chi connectivity index (χ1v) is 13.8. The zero-order valence-electron chi connectivity index (χ0n) is 20.2. The predicted molar refractivity (Wildman–Crippen MR) is 140 cm³/mol. The molecular formula is C25H26Cl2N4O4S. The van der Waals surface area contributed by atoms with Gasteiger partial charge in [-0.2, -0.15) is 5.26 Å². The first kappa shape index (κ1) is 27.5. The zero-order chi connectivity index (χ0) is 26.5. The van der Waals surface area contributed by atoms with Crippen LogP contribution in [-0.2, 0) is 15.4 Å². The fraction of sp³-hybridized carbons (Fsp3) is 0.320. The Hall–Kier alpha value is -3.06. The first-order chi connectivity index (χ1) is 16.9. The Kier molecular flexibility index (Phi) is 8.67. The average Bonchev–Trinajstić information content (AvgIpc) is 2.82. The molecule has 0 radical (unpaired) electrons. The minimum Gasteiger partial charge on any atom is -0.489 e. The Morgan fingerprint density at radius 1 is 1.17 bits per heavy atom. The maximum absolute atomic E-state index is 11.4. The largest absolute Gasteiger partial charge is 0.489 e. The number of anilines is 1. The van der Waals surface area contributed by atoms with Gasteiger partial charge in [0.05, 0.1) is 28.4 Å². The molecule has 3 aromatic rings. The lowest BCUT2D eigenvalue weighted by atomic mass is 9.77. The molecule has 1 aromatic heterocycles. The van der Waals surface area contributed by atoms with Crippen molar-refractivity contribution in [2.75, 3.05) is 23.5 Å². The molecule has 0 saturated carbocycles. The molecule has 1 heterocycles. The van der Waals surface area contributed by atoms with Crippen LogP contribution in [0.4, 0.5) is 5.95 Å². The molecule has 0 saturated heterocycles. The summed E-state index contributed by atoms with van der Waals surface area (Å²) in [4.78, 5) is 8.14. The molecule has 2 aromatic carbocycles. The minimum atomic E-state index is -3.49. The highest BCUT2D eigenvalue weighted by molar-refractivity contribution is 7.91. The van der Waals surface area contributed by atoms with Gasteiger partial charge in [-0.3, -0.25) is 4.72 Å². The van der Waals surface area contributed by atoms with Gasteiger partial charge in [0.25, 0.3) is 0 Å². The van der Waals surface area contributed by atoms with E-state index in [9.17, 15) is 13.7 Å². The Balaban J connectivity index is 1.80. The molecule has 8 nitrogen and oxygen atoms in total. The second kappa shape index (κ2) is 11.3. The quantitative estimate of drug-likeness (QED) is 0.334. The number of nitriles is 1. The number of alkyl halides is 1. The first-order valence-electron chi connectivity index (χ1n) is 11.0. The van der Waals surface area contributed by atoms with Crippen LogP contribution in [0.1, 0.15) is 49.3 Å². The minimum absolute atomic E-state index is 0.0166. The number of benzene rings is 2. The van der Waals surface area contributed by atoms with E-state index in [0.29, 0.717) is 27.8 Å². The number of rotatable bonds is 10. The summed E-state index contributed by atoms with van der Waals surface area (Å²) in [5.41, 5.74) is 2.24. The molecule has 0 unspecified atom stereocenters. The van der Waals surface area contributed by atoms with Gasteiger partial charge in [0, 0.05) is 11.6 Å². The van der Waals surface area contributed by atoms with Gasteiger partial charge in [0.15, 0.2) is 5.75 Å². The summed E-state index contributed by atoms with van der Waals surface area (Å²) in [7, 11) is -3.49. The second-order valence-electron chi connectivity index (χ2n) is 8.57. The van der Waals surface area contributed by atoms with Gasteiger partial charge in [0.2, 0.25) is 16.0 Å². The van der Waals surface area contributed by atoms with E-state index in [-0.39, 0.29) is 18.4 Å². The number of sulfonamides is 1. The highest BCUT2D eigenvalue weighted by Crippen LogP contribution is 2.38. The molecule has 1 atom stereocenters. The Morgan fingerprint density at radius 3 is 2.47 bits per heavy atom. The molecule has 36 heavy (non-hydrogen) atoms. The van der Waals surface area contributed by atoms with E-state index >= 15 is 0 Å². The van der Waals surface area contributed by atoms with Crippen LogP contribution < -0.4 is 14.2 Å². The highest BCUT2D eigenvalue weighted by Gasteiger charge is 2.26. The molecular weight excluding hydrogens is 523 g/mol. The fourth-order valence-electron chi connectivity index (χ4n) is 3.52. The summed E-state index contributed by atoms with van der Waals surface area (Å²) in [5, 5.41) is 9.96. The van der Waals surface area contributed by atoms with Crippen molar-refractivity contribution in [1.29, 1.82) is 5.26 Å². The van der Waals surface area contributed by atoms with Crippen molar-refractivity contribution in [3.63, 3.8) is 0 Å². The van der Waals surface area contributed by atoms with Crippen molar-refractivity contribution < 1.29 is 17.9 Å².